The molecule has 12 heteroatoms. The first-order valence-corrected chi connectivity index (χ1v) is 12.0. The highest BCUT2D eigenvalue weighted by Crippen LogP contribution is 2.47. The maximum absolute atomic E-state index is 12.4. The molecule has 0 radical (unpaired) electrons. The van der Waals surface area contributed by atoms with Gasteiger partial charge < -0.3 is 36.0 Å². The van der Waals surface area contributed by atoms with Crippen molar-refractivity contribution in [1.82, 2.24) is 15.5 Å². The summed E-state index contributed by atoms with van der Waals surface area (Å²) in [6.45, 7) is 6.14. The molecule has 2 aliphatic rings. The molecule has 2 unspecified atom stereocenters. The molecular weight excluding hydrogens is 454 g/mol. The number of aliphatic carboxylic acids is 1. The minimum Gasteiger partial charge on any atom is -0.480 e. The first-order chi connectivity index (χ1) is 15.2. The van der Waals surface area contributed by atoms with Crippen LogP contribution in [0.4, 0.5) is 0 Å². The topological polar surface area (TPSA) is 176 Å². The van der Waals surface area contributed by atoms with Crippen molar-refractivity contribution >= 4 is 35.5 Å². The normalized spacial score (nSPS) is 25.8. The number of thioether (sulfide) groups is 1. The van der Waals surface area contributed by atoms with Gasteiger partial charge in [0.25, 0.3) is 0 Å². The molecule has 33 heavy (non-hydrogen) atoms. The summed E-state index contributed by atoms with van der Waals surface area (Å²) in [5.74, 6) is -2.57. The molecule has 2 fully saturated rings. The van der Waals surface area contributed by atoms with Crippen molar-refractivity contribution in [2.45, 2.75) is 69.6 Å². The second-order valence-electron chi connectivity index (χ2n) is 9.81. The van der Waals surface area contributed by atoms with Crippen LogP contribution >= 0.6 is 11.8 Å². The standard InChI is InChI=1S/C21H35N3O8S/c1-20(2,10-25)16(27)17(28)23-6-5-13(26)22-7-8-33-12-9-11-14(21(3,4)32)18(29)24(11)15(12)19(30)31/h11-12,14-16,25,27,32H,5-10H2,1-4H3,(H,22,26)(H,23,28)(H,30,31)/t11?,12-,14?,15+,16-/m0/s1. The van der Waals surface area contributed by atoms with E-state index in [2.05, 4.69) is 10.6 Å². The number of nitrogens with one attached hydrogen (secondary N) is 2. The van der Waals surface area contributed by atoms with Crippen molar-refractivity contribution in [3.05, 3.63) is 0 Å². The number of hydrogen-bond acceptors (Lipinski definition) is 8. The number of amides is 3. The fourth-order valence-corrected chi connectivity index (χ4v) is 5.53. The molecule has 2 saturated heterocycles. The number of aliphatic hydroxyl groups excluding tert-OH is 2. The number of aliphatic hydroxyl groups is 3. The Labute approximate surface area is 197 Å². The van der Waals surface area contributed by atoms with Gasteiger partial charge in [-0.15, -0.1) is 0 Å². The van der Waals surface area contributed by atoms with Gasteiger partial charge in [0.1, 0.15) is 12.1 Å². The molecule has 11 nitrogen and oxygen atoms in total. The molecule has 0 bridgehead atoms. The van der Waals surface area contributed by atoms with Crippen LogP contribution in [-0.4, -0.2) is 104 Å². The second kappa shape index (κ2) is 10.6. The van der Waals surface area contributed by atoms with E-state index < -0.39 is 41.0 Å². The molecular formula is C21H35N3O8S. The number of rotatable bonds is 12. The SMILES string of the molecule is CC(C)(O)C1C(=O)N2C1C[C@H](SCCNC(=O)CCNC(=O)[C@H](O)C(C)(C)CO)[C@@H]2C(=O)O. The van der Waals surface area contributed by atoms with E-state index in [4.69, 9.17) is 0 Å². The third-order valence-electron chi connectivity index (χ3n) is 6.21. The average Bonchev–Trinajstić information content (AvgIpc) is 3.03. The van der Waals surface area contributed by atoms with Crippen LogP contribution in [0.5, 0.6) is 0 Å². The van der Waals surface area contributed by atoms with E-state index in [1.54, 1.807) is 27.7 Å². The highest BCUT2D eigenvalue weighted by Gasteiger charge is 2.63. The maximum Gasteiger partial charge on any atom is 0.327 e. The Hall–Kier alpha value is -1.89. The Balaban J connectivity index is 1.73. The number of nitrogens with zero attached hydrogens (tertiary/aromatic N) is 1. The van der Waals surface area contributed by atoms with E-state index in [-0.39, 0.29) is 49.2 Å². The number of hydrogen-bond donors (Lipinski definition) is 6. The monoisotopic (exact) mass is 489 g/mol. The van der Waals surface area contributed by atoms with Gasteiger partial charge >= 0.3 is 5.97 Å². The van der Waals surface area contributed by atoms with Crippen LogP contribution in [0, 0.1) is 11.3 Å². The Morgan fingerprint density at radius 3 is 2.36 bits per heavy atom. The zero-order valence-corrected chi connectivity index (χ0v) is 20.2. The Kier molecular flexibility index (Phi) is 8.77. The predicted molar refractivity (Wildman–Crippen MR) is 120 cm³/mol. The molecule has 2 rings (SSSR count). The molecule has 5 atom stereocenters. The number of carboxylic acid groups (broad SMARTS) is 1. The molecule has 0 saturated carbocycles. The van der Waals surface area contributed by atoms with Crippen molar-refractivity contribution in [3.63, 3.8) is 0 Å². The summed E-state index contributed by atoms with van der Waals surface area (Å²) < 4.78 is 0. The number of fused-ring (bicyclic) bond motifs is 1. The van der Waals surface area contributed by atoms with Gasteiger partial charge in [-0.05, 0) is 20.3 Å². The molecule has 0 aliphatic carbocycles. The molecule has 0 aromatic rings. The van der Waals surface area contributed by atoms with Crippen molar-refractivity contribution in [1.29, 1.82) is 0 Å². The Morgan fingerprint density at radius 2 is 1.82 bits per heavy atom. The van der Waals surface area contributed by atoms with Gasteiger partial charge in [-0.1, -0.05) is 13.8 Å². The molecule has 2 heterocycles. The van der Waals surface area contributed by atoms with Crippen LogP contribution in [0.3, 0.4) is 0 Å². The van der Waals surface area contributed by atoms with Crippen molar-refractivity contribution in [2.24, 2.45) is 11.3 Å². The second-order valence-corrected chi connectivity index (χ2v) is 11.2. The van der Waals surface area contributed by atoms with Gasteiger partial charge in [0, 0.05) is 42.0 Å². The van der Waals surface area contributed by atoms with Crippen LogP contribution in [0.2, 0.25) is 0 Å². The van der Waals surface area contributed by atoms with E-state index in [0.717, 1.165) is 0 Å². The first kappa shape index (κ1) is 27.4. The number of carbonyl (C=O) groups excluding carboxylic acids is 3. The zero-order valence-electron chi connectivity index (χ0n) is 19.4. The fraction of sp³-hybridized carbons (Fsp3) is 0.810. The van der Waals surface area contributed by atoms with E-state index in [1.807, 2.05) is 0 Å². The van der Waals surface area contributed by atoms with Crippen LogP contribution in [0.25, 0.3) is 0 Å². The summed E-state index contributed by atoms with van der Waals surface area (Å²) >= 11 is 1.36. The number of carboxylic acids is 1. The van der Waals surface area contributed by atoms with Gasteiger partial charge in [0.15, 0.2) is 0 Å². The highest BCUT2D eigenvalue weighted by molar-refractivity contribution is 8.00. The highest BCUT2D eigenvalue weighted by atomic mass is 32.2. The third kappa shape index (κ3) is 6.17. The van der Waals surface area contributed by atoms with Crippen LogP contribution in [0.15, 0.2) is 0 Å². The molecule has 0 aromatic carbocycles. The summed E-state index contributed by atoms with van der Waals surface area (Å²) in [6, 6.07) is -1.26. The summed E-state index contributed by atoms with van der Waals surface area (Å²) in [7, 11) is 0. The number of β-lactam (4-membered cyclic amide) rings is 1. The predicted octanol–water partition coefficient (Wildman–Crippen LogP) is -1.46. The minimum atomic E-state index is -1.40. The molecule has 0 spiro atoms. The van der Waals surface area contributed by atoms with Gasteiger partial charge in [-0.2, -0.15) is 11.8 Å². The minimum absolute atomic E-state index is 0.00146. The van der Waals surface area contributed by atoms with Crippen molar-refractivity contribution < 1.29 is 39.6 Å². The van der Waals surface area contributed by atoms with Gasteiger partial charge in [-0.3, -0.25) is 14.4 Å². The van der Waals surface area contributed by atoms with Gasteiger partial charge in [0.05, 0.1) is 18.1 Å². The summed E-state index contributed by atoms with van der Waals surface area (Å²) in [6.07, 6.45) is -0.930. The lowest BCUT2D eigenvalue weighted by Gasteiger charge is -2.49. The third-order valence-corrected chi connectivity index (χ3v) is 7.52. The van der Waals surface area contributed by atoms with E-state index in [0.29, 0.717) is 12.2 Å². The summed E-state index contributed by atoms with van der Waals surface area (Å²) in [5, 5.41) is 43.7. The number of carbonyl (C=O) groups is 4. The van der Waals surface area contributed by atoms with Gasteiger partial charge in [0.2, 0.25) is 17.7 Å². The molecule has 6 N–H and O–H groups in total. The lowest BCUT2D eigenvalue weighted by atomic mass is 9.76. The van der Waals surface area contributed by atoms with Crippen LogP contribution < -0.4 is 10.6 Å². The zero-order chi connectivity index (χ0) is 25.1. The first-order valence-electron chi connectivity index (χ1n) is 10.9. The smallest absolute Gasteiger partial charge is 0.327 e. The van der Waals surface area contributed by atoms with Crippen molar-refractivity contribution in [3.8, 4) is 0 Å². The van der Waals surface area contributed by atoms with Crippen molar-refractivity contribution in [2.75, 3.05) is 25.4 Å². The Morgan fingerprint density at radius 1 is 1.18 bits per heavy atom. The fourth-order valence-electron chi connectivity index (χ4n) is 4.24. The van der Waals surface area contributed by atoms with E-state index in [1.165, 1.54) is 16.7 Å². The van der Waals surface area contributed by atoms with Crippen LogP contribution in [-0.2, 0) is 19.2 Å². The quantitative estimate of drug-likeness (QED) is 0.141. The van der Waals surface area contributed by atoms with E-state index >= 15 is 0 Å². The molecule has 3 amide bonds. The summed E-state index contributed by atoms with van der Waals surface area (Å²) in [4.78, 5) is 49.4. The lowest BCUT2D eigenvalue weighted by Crippen LogP contribution is -2.67. The van der Waals surface area contributed by atoms with Gasteiger partial charge in [-0.25, -0.2) is 4.79 Å². The largest absolute Gasteiger partial charge is 0.480 e. The molecule has 0 aromatic heterocycles. The lowest BCUT2D eigenvalue weighted by molar-refractivity contribution is -0.177. The molecule has 2 aliphatic heterocycles. The summed E-state index contributed by atoms with van der Waals surface area (Å²) in [5.41, 5.74) is -2.21. The molecule has 188 valence electrons. The average molecular weight is 490 g/mol. The van der Waals surface area contributed by atoms with E-state index in [9.17, 15) is 39.6 Å². The maximum atomic E-state index is 12.4. The van der Waals surface area contributed by atoms with Crippen LogP contribution in [0.1, 0.15) is 40.5 Å². The Bertz CT molecular complexity index is 769.